The first-order valence-corrected chi connectivity index (χ1v) is 7.20. The molecule has 2 aliphatic heterocycles. The van der Waals surface area contributed by atoms with Gasteiger partial charge in [-0.3, -0.25) is 0 Å². The molecule has 0 unspecified atom stereocenters. The van der Waals surface area contributed by atoms with Gasteiger partial charge in [0.25, 0.3) is 0 Å². The zero-order valence-electron chi connectivity index (χ0n) is 12.4. The monoisotopic (exact) mass is 278 g/mol. The second-order valence-corrected chi connectivity index (χ2v) is 6.40. The van der Waals surface area contributed by atoms with E-state index in [1.807, 2.05) is 20.8 Å². The lowest BCUT2D eigenvalue weighted by Crippen LogP contribution is -2.40. The number of imidazole rings is 1. The molecule has 0 aromatic carbocycles. The van der Waals surface area contributed by atoms with Crippen molar-refractivity contribution in [2.24, 2.45) is 0 Å². The van der Waals surface area contributed by atoms with Crippen LogP contribution in [0.4, 0.5) is 4.79 Å². The molecule has 2 aliphatic rings. The summed E-state index contributed by atoms with van der Waals surface area (Å²) < 4.78 is 7.71. The smallest absolute Gasteiger partial charge is 0.410 e. The number of amides is 1. The molecule has 6 heteroatoms. The molecule has 0 saturated heterocycles. The number of nitrogens with zero attached hydrogens (tertiary/aromatic N) is 3. The Balaban J connectivity index is 1.78. The molecule has 1 aromatic rings. The highest BCUT2D eigenvalue weighted by atomic mass is 16.6. The van der Waals surface area contributed by atoms with Gasteiger partial charge in [0.2, 0.25) is 0 Å². The van der Waals surface area contributed by atoms with E-state index in [0.717, 1.165) is 37.6 Å². The molecule has 1 N–H and O–H groups in total. The molecule has 20 heavy (non-hydrogen) atoms. The van der Waals surface area contributed by atoms with Crippen LogP contribution < -0.4 is 5.32 Å². The van der Waals surface area contributed by atoms with Crippen molar-refractivity contribution in [2.75, 3.05) is 13.1 Å². The van der Waals surface area contributed by atoms with E-state index in [4.69, 9.17) is 4.74 Å². The van der Waals surface area contributed by atoms with Crippen LogP contribution in [0, 0.1) is 0 Å². The summed E-state index contributed by atoms with van der Waals surface area (Å²) in [6, 6.07) is 0. The van der Waals surface area contributed by atoms with Crippen molar-refractivity contribution >= 4 is 6.09 Å². The summed E-state index contributed by atoms with van der Waals surface area (Å²) in [6.07, 6.45) is 0.585. The average Bonchev–Trinajstić information content (AvgIpc) is 2.74. The van der Waals surface area contributed by atoms with E-state index in [1.165, 1.54) is 5.69 Å². The highest BCUT2D eigenvalue weighted by molar-refractivity contribution is 5.68. The Labute approximate surface area is 119 Å². The molecule has 3 heterocycles. The van der Waals surface area contributed by atoms with Gasteiger partial charge in [-0.05, 0) is 20.8 Å². The van der Waals surface area contributed by atoms with Crippen LogP contribution in [0.5, 0.6) is 0 Å². The fraction of sp³-hybridized carbons (Fsp3) is 0.714. The van der Waals surface area contributed by atoms with E-state index in [-0.39, 0.29) is 6.09 Å². The van der Waals surface area contributed by atoms with Crippen LogP contribution in [-0.2, 0) is 30.8 Å². The molecule has 1 aromatic heterocycles. The van der Waals surface area contributed by atoms with Gasteiger partial charge in [0.1, 0.15) is 11.4 Å². The molecule has 0 saturated carbocycles. The largest absolute Gasteiger partial charge is 0.444 e. The third-order valence-electron chi connectivity index (χ3n) is 3.64. The maximum absolute atomic E-state index is 12.2. The summed E-state index contributed by atoms with van der Waals surface area (Å²) in [5.74, 6) is 1.09. The van der Waals surface area contributed by atoms with Crippen molar-refractivity contribution in [2.45, 2.75) is 52.4 Å². The van der Waals surface area contributed by atoms with Crippen molar-refractivity contribution in [3.8, 4) is 0 Å². The lowest BCUT2D eigenvalue weighted by Gasteiger charge is -2.30. The van der Waals surface area contributed by atoms with Gasteiger partial charge in [0.05, 0.1) is 24.5 Å². The highest BCUT2D eigenvalue weighted by Crippen LogP contribution is 2.23. The zero-order valence-corrected chi connectivity index (χ0v) is 12.4. The van der Waals surface area contributed by atoms with Gasteiger partial charge in [-0.1, -0.05) is 0 Å². The Morgan fingerprint density at radius 3 is 2.90 bits per heavy atom. The Morgan fingerprint density at radius 2 is 2.15 bits per heavy atom. The third-order valence-corrected chi connectivity index (χ3v) is 3.64. The van der Waals surface area contributed by atoms with Crippen LogP contribution in [-0.4, -0.2) is 39.2 Å². The van der Waals surface area contributed by atoms with E-state index < -0.39 is 5.60 Å². The van der Waals surface area contributed by atoms with Crippen LogP contribution in [0.15, 0.2) is 0 Å². The molecule has 1 amide bonds. The summed E-state index contributed by atoms with van der Waals surface area (Å²) in [4.78, 5) is 18.6. The minimum absolute atomic E-state index is 0.229. The number of nitrogens with one attached hydrogen (secondary N) is 1. The SMILES string of the molecule is CC(C)(C)OC(=O)N1CCc2nc3n(c2C1)CCNC3. The van der Waals surface area contributed by atoms with Gasteiger partial charge in [0.15, 0.2) is 0 Å². The molecule has 3 rings (SSSR count). The van der Waals surface area contributed by atoms with Gasteiger partial charge in [-0.25, -0.2) is 9.78 Å². The molecular weight excluding hydrogens is 256 g/mol. The number of hydrogen-bond donors (Lipinski definition) is 1. The molecule has 0 aliphatic carbocycles. The number of aromatic nitrogens is 2. The number of carbonyl (C=O) groups excluding carboxylic acids is 1. The molecular formula is C14H22N4O2. The molecule has 0 fully saturated rings. The minimum atomic E-state index is -0.446. The maximum atomic E-state index is 12.2. The number of carbonyl (C=O) groups is 1. The first-order chi connectivity index (χ1) is 9.44. The number of ether oxygens (including phenoxy) is 1. The zero-order chi connectivity index (χ0) is 14.3. The Morgan fingerprint density at radius 1 is 1.35 bits per heavy atom. The van der Waals surface area contributed by atoms with Gasteiger partial charge >= 0.3 is 6.09 Å². The first-order valence-electron chi connectivity index (χ1n) is 7.20. The van der Waals surface area contributed by atoms with Gasteiger partial charge in [0, 0.05) is 26.1 Å². The second kappa shape index (κ2) is 4.77. The predicted molar refractivity (Wildman–Crippen MR) is 74.3 cm³/mol. The van der Waals surface area contributed by atoms with Crippen LogP contribution in [0.1, 0.15) is 38.0 Å². The summed E-state index contributed by atoms with van der Waals surface area (Å²) in [7, 11) is 0. The summed E-state index contributed by atoms with van der Waals surface area (Å²) in [5.41, 5.74) is 1.88. The fourth-order valence-corrected chi connectivity index (χ4v) is 2.74. The molecule has 110 valence electrons. The Kier molecular flexibility index (Phi) is 3.20. The van der Waals surface area contributed by atoms with Crippen molar-refractivity contribution in [3.05, 3.63) is 17.2 Å². The highest BCUT2D eigenvalue weighted by Gasteiger charge is 2.30. The lowest BCUT2D eigenvalue weighted by atomic mass is 10.1. The lowest BCUT2D eigenvalue weighted by molar-refractivity contribution is 0.0218. The summed E-state index contributed by atoms with van der Waals surface area (Å²) in [6.45, 7) is 9.69. The van der Waals surface area contributed by atoms with Crippen molar-refractivity contribution < 1.29 is 9.53 Å². The predicted octanol–water partition coefficient (Wildman–Crippen LogP) is 1.28. The van der Waals surface area contributed by atoms with Crippen molar-refractivity contribution in [1.82, 2.24) is 19.8 Å². The van der Waals surface area contributed by atoms with Gasteiger partial charge in [-0.15, -0.1) is 0 Å². The number of hydrogen-bond acceptors (Lipinski definition) is 4. The Bertz CT molecular complexity index is 530. The van der Waals surface area contributed by atoms with E-state index >= 15 is 0 Å². The fourth-order valence-electron chi connectivity index (χ4n) is 2.74. The third kappa shape index (κ3) is 2.52. The Hall–Kier alpha value is -1.56. The molecule has 0 atom stereocenters. The van der Waals surface area contributed by atoms with E-state index in [1.54, 1.807) is 4.90 Å². The van der Waals surface area contributed by atoms with Crippen LogP contribution >= 0.6 is 0 Å². The van der Waals surface area contributed by atoms with Crippen molar-refractivity contribution in [3.63, 3.8) is 0 Å². The van der Waals surface area contributed by atoms with Crippen molar-refractivity contribution in [1.29, 1.82) is 0 Å². The molecule has 0 bridgehead atoms. The summed E-state index contributed by atoms with van der Waals surface area (Å²) in [5, 5.41) is 3.33. The van der Waals surface area contributed by atoms with Gasteiger partial charge in [-0.2, -0.15) is 0 Å². The van der Waals surface area contributed by atoms with E-state index in [0.29, 0.717) is 13.1 Å². The van der Waals surface area contributed by atoms with Crippen LogP contribution in [0.2, 0.25) is 0 Å². The first kappa shape index (κ1) is 13.4. The molecule has 0 radical (unpaired) electrons. The van der Waals surface area contributed by atoms with E-state index in [9.17, 15) is 4.79 Å². The molecule has 0 spiro atoms. The topological polar surface area (TPSA) is 59.4 Å². The average molecular weight is 278 g/mol. The number of rotatable bonds is 0. The quantitative estimate of drug-likeness (QED) is 0.776. The summed E-state index contributed by atoms with van der Waals surface area (Å²) >= 11 is 0. The minimum Gasteiger partial charge on any atom is -0.444 e. The second-order valence-electron chi connectivity index (χ2n) is 6.40. The normalized spacial score (nSPS) is 18.4. The van der Waals surface area contributed by atoms with Crippen LogP contribution in [0.25, 0.3) is 0 Å². The molecule has 6 nitrogen and oxygen atoms in total. The van der Waals surface area contributed by atoms with Gasteiger partial charge < -0.3 is 19.5 Å². The van der Waals surface area contributed by atoms with E-state index in [2.05, 4.69) is 14.9 Å². The van der Waals surface area contributed by atoms with Crippen LogP contribution in [0.3, 0.4) is 0 Å². The maximum Gasteiger partial charge on any atom is 0.410 e. The number of fused-ring (bicyclic) bond motifs is 3. The standard InChI is InChI=1S/C14H22N4O2/c1-14(2,3)20-13(19)17-6-4-10-11(9-17)18-7-5-15-8-12(18)16-10/h15H,4-9H2,1-3H3.